The minimum Gasteiger partial charge on any atom is -0.484 e. The Bertz CT molecular complexity index is 395. The number of hydrogen-bond acceptors (Lipinski definition) is 2. The maximum atomic E-state index is 12.7. The van der Waals surface area contributed by atoms with E-state index in [0.717, 1.165) is 0 Å². The fourth-order valence-electron chi connectivity index (χ4n) is 0.951. The Hall–Kier alpha value is -1.55. The van der Waals surface area contributed by atoms with E-state index in [9.17, 15) is 9.18 Å². The largest absolute Gasteiger partial charge is 0.484 e. The lowest BCUT2D eigenvalue weighted by molar-refractivity contribution is -0.122. The molecule has 0 bridgehead atoms. The minimum atomic E-state index is -0.410. The van der Waals surface area contributed by atoms with E-state index < -0.39 is 5.82 Å². The number of ether oxygens (including phenoxy) is 1. The first-order chi connectivity index (χ1) is 7.58. The predicted molar refractivity (Wildman–Crippen MR) is 59.9 cm³/mol. The third kappa shape index (κ3) is 4.79. The van der Waals surface area contributed by atoms with E-state index in [-0.39, 0.29) is 19.1 Å². The van der Waals surface area contributed by atoms with Crippen molar-refractivity contribution < 1.29 is 13.9 Å². The van der Waals surface area contributed by atoms with Crippen LogP contribution in [0.3, 0.4) is 0 Å². The van der Waals surface area contributed by atoms with Gasteiger partial charge in [-0.15, -0.1) is 0 Å². The van der Waals surface area contributed by atoms with Gasteiger partial charge in [-0.05, 0) is 12.1 Å². The van der Waals surface area contributed by atoms with Gasteiger partial charge < -0.3 is 10.1 Å². The summed E-state index contributed by atoms with van der Waals surface area (Å²) in [6.07, 6.45) is 0. The quantitative estimate of drug-likeness (QED) is 0.860. The summed E-state index contributed by atoms with van der Waals surface area (Å²) < 4.78 is 17.8. The molecule has 0 fully saturated rings. The van der Waals surface area contributed by atoms with Crippen LogP contribution in [0.15, 0.2) is 35.9 Å². The van der Waals surface area contributed by atoms with E-state index in [1.807, 2.05) is 0 Å². The maximum absolute atomic E-state index is 12.7. The lowest BCUT2D eigenvalue weighted by Gasteiger charge is -2.06. The van der Waals surface area contributed by atoms with Crippen molar-refractivity contribution in [2.75, 3.05) is 13.2 Å². The molecule has 1 aromatic carbocycles. The average molecular weight is 244 g/mol. The average Bonchev–Trinajstić information content (AvgIpc) is 2.23. The van der Waals surface area contributed by atoms with Crippen LogP contribution < -0.4 is 10.1 Å². The van der Waals surface area contributed by atoms with E-state index >= 15 is 0 Å². The Balaban J connectivity index is 2.34. The highest BCUT2D eigenvalue weighted by Crippen LogP contribution is 2.11. The number of benzene rings is 1. The molecule has 1 rings (SSSR count). The highest BCUT2D eigenvalue weighted by Gasteiger charge is 2.02. The minimum absolute atomic E-state index is 0.187. The van der Waals surface area contributed by atoms with Gasteiger partial charge in [0.15, 0.2) is 6.61 Å². The SMILES string of the molecule is C=C(Cl)CNC(=O)COc1cccc(F)c1. The highest BCUT2D eigenvalue weighted by atomic mass is 35.5. The molecule has 0 aliphatic rings. The van der Waals surface area contributed by atoms with E-state index in [2.05, 4.69) is 11.9 Å². The topological polar surface area (TPSA) is 38.3 Å². The normalized spacial score (nSPS) is 9.62. The summed E-state index contributed by atoms with van der Waals surface area (Å²) in [5.74, 6) is -0.446. The Morgan fingerprint density at radius 2 is 2.31 bits per heavy atom. The van der Waals surface area contributed by atoms with Gasteiger partial charge in [0, 0.05) is 11.1 Å². The van der Waals surface area contributed by atoms with Gasteiger partial charge in [0.1, 0.15) is 11.6 Å². The molecular formula is C11H11ClFNO2. The Kier molecular flexibility index (Phi) is 4.79. The maximum Gasteiger partial charge on any atom is 0.258 e. The summed E-state index contributed by atoms with van der Waals surface area (Å²) in [6.45, 7) is 3.42. The molecule has 0 spiro atoms. The lowest BCUT2D eigenvalue weighted by atomic mass is 10.3. The van der Waals surface area contributed by atoms with Crippen LogP contribution >= 0.6 is 11.6 Å². The zero-order valence-corrected chi connectivity index (χ0v) is 9.26. The van der Waals surface area contributed by atoms with Gasteiger partial charge in [-0.2, -0.15) is 0 Å². The second-order valence-electron chi connectivity index (χ2n) is 3.04. The highest BCUT2D eigenvalue weighted by molar-refractivity contribution is 6.29. The van der Waals surface area contributed by atoms with Gasteiger partial charge in [-0.3, -0.25) is 4.79 Å². The van der Waals surface area contributed by atoms with Crippen LogP contribution in [-0.2, 0) is 4.79 Å². The molecule has 0 aromatic heterocycles. The van der Waals surface area contributed by atoms with Crippen molar-refractivity contribution in [1.82, 2.24) is 5.32 Å². The number of amides is 1. The van der Waals surface area contributed by atoms with Crippen LogP contribution in [0.25, 0.3) is 0 Å². The second kappa shape index (κ2) is 6.12. The summed E-state index contributed by atoms with van der Waals surface area (Å²) in [5, 5.41) is 2.81. The molecule has 0 heterocycles. The molecule has 0 aliphatic carbocycles. The van der Waals surface area contributed by atoms with Crippen molar-refractivity contribution in [3.63, 3.8) is 0 Å². The molecule has 0 aliphatic heterocycles. The molecule has 0 saturated carbocycles. The summed E-state index contributed by atoms with van der Waals surface area (Å²) in [7, 11) is 0. The van der Waals surface area contributed by atoms with E-state index in [0.29, 0.717) is 10.8 Å². The van der Waals surface area contributed by atoms with Crippen molar-refractivity contribution >= 4 is 17.5 Å². The van der Waals surface area contributed by atoms with E-state index in [1.54, 1.807) is 6.07 Å². The zero-order valence-electron chi connectivity index (χ0n) is 8.50. The summed E-state index contributed by atoms with van der Waals surface area (Å²) in [6, 6.07) is 5.57. The first-order valence-corrected chi connectivity index (χ1v) is 4.94. The molecule has 1 aromatic rings. The Morgan fingerprint density at radius 1 is 1.56 bits per heavy atom. The summed E-state index contributed by atoms with van der Waals surface area (Å²) in [4.78, 5) is 11.2. The standard InChI is InChI=1S/C11H11ClFNO2/c1-8(12)6-14-11(15)7-16-10-4-2-3-9(13)5-10/h2-5H,1,6-7H2,(H,14,15). The molecule has 0 atom stereocenters. The Labute approximate surface area is 97.9 Å². The molecular weight excluding hydrogens is 233 g/mol. The van der Waals surface area contributed by atoms with E-state index in [1.165, 1.54) is 18.2 Å². The fourth-order valence-corrected chi connectivity index (χ4v) is 1.02. The van der Waals surface area contributed by atoms with Crippen LogP contribution in [0.1, 0.15) is 0 Å². The molecule has 1 amide bonds. The van der Waals surface area contributed by atoms with E-state index in [4.69, 9.17) is 16.3 Å². The Morgan fingerprint density at radius 3 is 2.94 bits per heavy atom. The van der Waals surface area contributed by atoms with Crippen molar-refractivity contribution in [2.24, 2.45) is 0 Å². The molecule has 5 heteroatoms. The first-order valence-electron chi connectivity index (χ1n) is 4.56. The number of carbonyl (C=O) groups is 1. The fraction of sp³-hybridized carbons (Fsp3) is 0.182. The molecule has 86 valence electrons. The van der Waals surface area contributed by atoms with Gasteiger partial charge in [-0.25, -0.2) is 4.39 Å². The summed E-state index contributed by atoms with van der Waals surface area (Å²) >= 11 is 5.46. The predicted octanol–water partition coefficient (Wildman–Crippen LogP) is 2.07. The zero-order chi connectivity index (χ0) is 12.0. The first kappa shape index (κ1) is 12.5. The van der Waals surface area contributed by atoms with Crippen molar-refractivity contribution in [3.8, 4) is 5.75 Å². The number of halogens is 2. The number of nitrogens with one attached hydrogen (secondary N) is 1. The number of rotatable bonds is 5. The molecule has 0 radical (unpaired) electrons. The van der Waals surface area contributed by atoms with Crippen LogP contribution in [0.5, 0.6) is 5.75 Å². The second-order valence-corrected chi connectivity index (χ2v) is 3.57. The third-order valence-electron chi connectivity index (χ3n) is 1.64. The smallest absolute Gasteiger partial charge is 0.258 e. The van der Waals surface area contributed by atoms with Gasteiger partial charge in [0.2, 0.25) is 0 Å². The van der Waals surface area contributed by atoms with Crippen molar-refractivity contribution in [3.05, 3.63) is 41.7 Å². The lowest BCUT2D eigenvalue weighted by Crippen LogP contribution is -2.29. The van der Waals surface area contributed by atoms with Crippen LogP contribution in [0, 0.1) is 5.82 Å². The van der Waals surface area contributed by atoms with Gasteiger partial charge in [0.25, 0.3) is 5.91 Å². The van der Waals surface area contributed by atoms with Gasteiger partial charge >= 0.3 is 0 Å². The van der Waals surface area contributed by atoms with Gasteiger partial charge in [-0.1, -0.05) is 24.2 Å². The van der Waals surface area contributed by atoms with Crippen LogP contribution in [0.2, 0.25) is 0 Å². The monoisotopic (exact) mass is 243 g/mol. The molecule has 3 nitrogen and oxygen atoms in total. The molecule has 0 unspecified atom stereocenters. The van der Waals surface area contributed by atoms with Crippen LogP contribution in [-0.4, -0.2) is 19.1 Å². The molecule has 16 heavy (non-hydrogen) atoms. The third-order valence-corrected chi connectivity index (χ3v) is 1.78. The molecule has 1 N–H and O–H groups in total. The molecule has 0 saturated heterocycles. The van der Waals surface area contributed by atoms with Crippen molar-refractivity contribution in [1.29, 1.82) is 0 Å². The van der Waals surface area contributed by atoms with Gasteiger partial charge in [0.05, 0.1) is 6.54 Å². The number of carbonyl (C=O) groups excluding carboxylic acids is 1. The van der Waals surface area contributed by atoms with Crippen LogP contribution in [0.4, 0.5) is 4.39 Å². The number of hydrogen-bond donors (Lipinski definition) is 1. The van der Waals surface area contributed by atoms with Crippen molar-refractivity contribution in [2.45, 2.75) is 0 Å². The summed E-state index contributed by atoms with van der Waals surface area (Å²) in [5.41, 5.74) is 0.